The minimum atomic E-state index is -0.680. The highest BCUT2D eigenvalue weighted by Crippen LogP contribution is 2.17. The van der Waals surface area contributed by atoms with E-state index in [2.05, 4.69) is 28.8 Å². The summed E-state index contributed by atoms with van der Waals surface area (Å²) in [5.41, 5.74) is 8.51. The first kappa shape index (κ1) is 18.4. The van der Waals surface area contributed by atoms with Gasteiger partial charge in [-0.25, -0.2) is 4.79 Å². The molecule has 1 aromatic carbocycles. The molecule has 122 valence electrons. The zero-order chi connectivity index (χ0) is 16.7. The Morgan fingerprint density at radius 2 is 1.77 bits per heavy atom. The molecule has 0 aliphatic carbocycles. The van der Waals surface area contributed by atoms with Crippen LogP contribution in [0.5, 0.6) is 0 Å². The third-order valence-corrected chi connectivity index (χ3v) is 3.99. The Balaban J connectivity index is 2.76. The molecule has 0 bridgehead atoms. The monoisotopic (exact) mass is 323 g/mol. The molecule has 0 aliphatic heterocycles. The number of urea groups is 1. The third kappa shape index (κ3) is 5.97. The van der Waals surface area contributed by atoms with Gasteiger partial charge in [-0.15, -0.1) is 0 Å². The number of nitrogens with two attached hydrogens (primary N) is 1. The van der Waals surface area contributed by atoms with Gasteiger partial charge in [0.2, 0.25) is 5.91 Å². The van der Waals surface area contributed by atoms with Gasteiger partial charge in [-0.05, 0) is 44.8 Å². The summed E-state index contributed by atoms with van der Waals surface area (Å²) in [4.78, 5) is 23.4. The molecule has 3 amide bonds. The highest BCUT2D eigenvalue weighted by atomic mass is 32.2. The molecule has 0 aromatic heterocycles. The fourth-order valence-corrected chi connectivity index (χ4v) is 2.80. The molecule has 1 rings (SSSR count). The lowest BCUT2D eigenvalue weighted by Gasteiger charge is -2.21. The van der Waals surface area contributed by atoms with Crippen LogP contribution in [-0.2, 0) is 4.79 Å². The van der Waals surface area contributed by atoms with E-state index in [0.717, 1.165) is 22.4 Å². The van der Waals surface area contributed by atoms with Crippen molar-refractivity contribution in [3.63, 3.8) is 0 Å². The van der Waals surface area contributed by atoms with Crippen LogP contribution in [0.2, 0.25) is 0 Å². The Labute approximate surface area is 136 Å². The van der Waals surface area contributed by atoms with E-state index < -0.39 is 12.1 Å². The van der Waals surface area contributed by atoms with Gasteiger partial charge in [-0.1, -0.05) is 29.3 Å². The van der Waals surface area contributed by atoms with Crippen LogP contribution in [0, 0.1) is 13.8 Å². The Hall–Kier alpha value is -1.69. The Morgan fingerprint density at radius 1 is 1.18 bits per heavy atom. The van der Waals surface area contributed by atoms with Crippen molar-refractivity contribution in [3.8, 4) is 0 Å². The number of hydrogen-bond donors (Lipinski definition) is 3. The maximum atomic E-state index is 12.3. The number of nitrogens with one attached hydrogen (secondary N) is 2. The van der Waals surface area contributed by atoms with Gasteiger partial charge < -0.3 is 16.4 Å². The van der Waals surface area contributed by atoms with Gasteiger partial charge in [-0.2, -0.15) is 11.8 Å². The molecule has 4 N–H and O–H groups in total. The number of amides is 3. The third-order valence-electron chi connectivity index (χ3n) is 3.35. The minimum Gasteiger partial charge on any atom is -0.352 e. The fraction of sp³-hybridized carbons (Fsp3) is 0.500. The van der Waals surface area contributed by atoms with Crippen molar-refractivity contribution in [3.05, 3.63) is 34.9 Å². The number of carbonyl (C=O) groups excluding carboxylic acids is 2. The second-order valence-electron chi connectivity index (χ2n) is 5.49. The molecule has 0 unspecified atom stereocenters. The lowest BCUT2D eigenvalue weighted by Crippen LogP contribution is -2.49. The normalized spacial score (nSPS) is 13.3. The van der Waals surface area contributed by atoms with E-state index in [9.17, 15) is 9.59 Å². The second kappa shape index (κ2) is 8.68. The second-order valence-corrected chi connectivity index (χ2v) is 6.48. The number of benzene rings is 1. The lowest BCUT2D eigenvalue weighted by molar-refractivity contribution is -0.123. The van der Waals surface area contributed by atoms with Crippen molar-refractivity contribution >= 4 is 23.7 Å². The van der Waals surface area contributed by atoms with Crippen LogP contribution in [0.15, 0.2) is 18.2 Å². The summed E-state index contributed by atoms with van der Waals surface area (Å²) < 4.78 is 0. The van der Waals surface area contributed by atoms with E-state index in [0.29, 0.717) is 6.42 Å². The highest BCUT2D eigenvalue weighted by Gasteiger charge is 2.21. The van der Waals surface area contributed by atoms with Crippen LogP contribution >= 0.6 is 11.8 Å². The van der Waals surface area contributed by atoms with Crippen molar-refractivity contribution in [2.45, 2.75) is 39.3 Å². The standard InChI is InChI=1S/C16H25N3O2S/c1-10-7-11(2)9-13(8-10)12(3)18-15(20)14(5-6-22-4)19-16(17)21/h7-9,12,14H,5-6H2,1-4H3,(H,18,20)(H3,17,19,21)/t12-,14-/m0/s1. The largest absolute Gasteiger partial charge is 0.352 e. The van der Waals surface area contributed by atoms with Crippen LogP contribution in [0.4, 0.5) is 4.79 Å². The van der Waals surface area contributed by atoms with Gasteiger partial charge in [0.25, 0.3) is 0 Å². The smallest absolute Gasteiger partial charge is 0.312 e. The van der Waals surface area contributed by atoms with Crippen LogP contribution in [-0.4, -0.2) is 30.0 Å². The molecule has 0 saturated heterocycles. The molecular formula is C16H25N3O2S. The van der Waals surface area contributed by atoms with Crippen LogP contribution in [0.3, 0.4) is 0 Å². The first-order chi connectivity index (χ1) is 10.3. The summed E-state index contributed by atoms with van der Waals surface area (Å²) in [5, 5.41) is 5.45. The zero-order valence-electron chi connectivity index (χ0n) is 13.6. The van der Waals surface area contributed by atoms with E-state index in [4.69, 9.17) is 5.73 Å². The van der Waals surface area contributed by atoms with E-state index in [-0.39, 0.29) is 11.9 Å². The maximum absolute atomic E-state index is 12.3. The summed E-state index contributed by atoms with van der Waals surface area (Å²) in [5.74, 6) is 0.565. The van der Waals surface area contributed by atoms with Crippen LogP contribution in [0.25, 0.3) is 0 Å². The van der Waals surface area contributed by atoms with Gasteiger partial charge in [-0.3, -0.25) is 4.79 Å². The lowest BCUT2D eigenvalue weighted by atomic mass is 10.0. The van der Waals surface area contributed by atoms with Gasteiger partial charge in [0.15, 0.2) is 0 Å². The molecule has 0 fully saturated rings. The topological polar surface area (TPSA) is 84.2 Å². The summed E-state index contributed by atoms with van der Waals surface area (Å²) in [6.45, 7) is 5.99. The zero-order valence-corrected chi connectivity index (χ0v) is 14.4. The molecule has 0 heterocycles. The van der Waals surface area contributed by atoms with Crippen molar-refractivity contribution in [1.29, 1.82) is 0 Å². The predicted molar refractivity (Wildman–Crippen MR) is 92.0 cm³/mol. The molecule has 5 nitrogen and oxygen atoms in total. The summed E-state index contributed by atoms with van der Waals surface area (Å²) in [6.07, 6.45) is 2.51. The van der Waals surface area contributed by atoms with Gasteiger partial charge in [0.1, 0.15) is 6.04 Å². The molecular weight excluding hydrogens is 298 g/mol. The first-order valence-electron chi connectivity index (χ1n) is 7.27. The number of rotatable bonds is 7. The number of aryl methyl sites for hydroxylation is 2. The van der Waals surface area contributed by atoms with Gasteiger partial charge in [0, 0.05) is 0 Å². The van der Waals surface area contributed by atoms with E-state index in [1.807, 2.05) is 27.0 Å². The van der Waals surface area contributed by atoms with E-state index in [1.54, 1.807) is 11.8 Å². The Morgan fingerprint density at radius 3 is 2.27 bits per heavy atom. The summed E-state index contributed by atoms with van der Waals surface area (Å²) in [7, 11) is 0. The van der Waals surface area contributed by atoms with Crippen LogP contribution < -0.4 is 16.4 Å². The van der Waals surface area contributed by atoms with Crippen molar-refractivity contribution in [2.24, 2.45) is 5.73 Å². The predicted octanol–water partition coefficient (Wildman–Crippen LogP) is 2.27. The average molecular weight is 323 g/mol. The molecule has 0 spiro atoms. The van der Waals surface area contributed by atoms with Crippen LogP contribution in [0.1, 0.15) is 36.1 Å². The summed E-state index contributed by atoms with van der Waals surface area (Å²) >= 11 is 1.62. The van der Waals surface area contributed by atoms with E-state index in [1.165, 1.54) is 0 Å². The number of primary amides is 1. The molecule has 1 aromatic rings. The maximum Gasteiger partial charge on any atom is 0.312 e. The van der Waals surface area contributed by atoms with E-state index >= 15 is 0 Å². The van der Waals surface area contributed by atoms with Crippen molar-refractivity contribution in [1.82, 2.24) is 10.6 Å². The molecule has 6 heteroatoms. The van der Waals surface area contributed by atoms with Crippen molar-refractivity contribution in [2.75, 3.05) is 12.0 Å². The quantitative estimate of drug-likeness (QED) is 0.719. The molecule has 2 atom stereocenters. The number of thioether (sulfide) groups is 1. The Kier molecular flexibility index (Phi) is 7.24. The Bertz CT molecular complexity index is 514. The highest BCUT2D eigenvalue weighted by molar-refractivity contribution is 7.98. The fourth-order valence-electron chi connectivity index (χ4n) is 2.33. The number of carbonyl (C=O) groups is 2. The van der Waals surface area contributed by atoms with Crippen molar-refractivity contribution < 1.29 is 9.59 Å². The van der Waals surface area contributed by atoms with Gasteiger partial charge >= 0.3 is 6.03 Å². The SMILES string of the molecule is CSCC[C@H](NC(N)=O)C(=O)N[C@@H](C)c1cc(C)cc(C)c1. The average Bonchev–Trinajstić information content (AvgIpc) is 2.41. The minimum absolute atomic E-state index is 0.127. The molecule has 0 saturated carbocycles. The number of hydrogen-bond acceptors (Lipinski definition) is 3. The molecule has 22 heavy (non-hydrogen) atoms. The van der Waals surface area contributed by atoms with Gasteiger partial charge in [0.05, 0.1) is 6.04 Å². The summed E-state index contributed by atoms with van der Waals surface area (Å²) in [6, 6.07) is 4.79. The molecule has 0 radical (unpaired) electrons. The first-order valence-corrected chi connectivity index (χ1v) is 8.66. The molecule has 0 aliphatic rings.